The van der Waals surface area contributed by atoms with Crippen LogP contribution in [0.3, 0.4) is 0 Å². The molecule has 2 rings (SSSR count). The Morgan fingerprint density at radius 1 is 1.20 bits per heavy atom. The van der Waals surface area contributed by atoms with Crippen LogP contribution < -0.4 is 5.73 Å². The molecule has 0 heterocycles. The quantitative estimate of drug-likeness (QED) is 0.485. The zero-order chi connectivity index (χ0) is 14.7. The summed E-state index contributed by atoms with van der Waals surface area (Å²) in [5.74, 6) is -0.117. The fourth-order valence-corrected chi connectivity index (χ4v) is 3.05. The molecule has 104 valence electrons. The van der Waals surface area contributed by atoms with E-state index in [0.717, 1.165) is 4.90 Å². The number of rotatable bonds is 4. The van der Waals surface area contributed by atoms with E-state index in [4.69, 9.17) is 34.3 Å². The summed E-state index contributed by atoms with van der Waals surface area (Å²) in [7, 11) is 0. The van der Waals surface area contributed by atoms with Crippen LogP contribution in [0.15, 0.2) is 41.3 Å². The van der Waals surface area contributed by atoms with E-state index in [-0.39, 0.29) is 11.7 Å². The Hall–Kier alpha value is -1.23. The van der Waals surface area contributed by atoms with Gasteiger partial charge in [-0.15, -0.1) is 11.8 Å². The Morgan fingerprint density at radius 3 is 2.60 bits per heavy atom. The van der Waals surface area contributed by atoms with E-state index in [2.05, 4.69) is 0 Å². The summed E-state index contributed by atoms with van der Waals surface area (Å²) in [5.41, 5.74) is 6.21. The normalized spacial score (nSPS) is 10.6. The van der Waals surface area contributed by atoms with Gasteiger partial charge in [0.25, 0.3) is 0 Å². The van der Waals surface area contributed by atoms with E-state index < -0.39 is 0 Å². The molecule has 0 saturated carbocycles. The highest BCUT2D eigenvalue weighted by Crippen LogP contribution is 2.32. The minimum atomic E-state index is -0.386. The summed E-state index contributed by atoms with van der Waals surface area (Å²) in [6, 6.07) is 9.67. The first kappa shape index (κ1) is 15.2. The molecule has 0 aliphatic heterocycles. The first-order chi connectivity index (χ1) is 9.47. The van der Waals surface area contributed by atoms with Crippen molar-refractivity contribution >= 4 is 40.8 Å². The van der Waals surface area contributed by atoms with Gasteiger partial charge in [-0.05, 0) is 29.8 Å². The van der Waals surface area contributed by atoms with Crippen molar-refractivity contribution in [3.8, 4) is 0 Å². The molecule has 2 aromatic rings. The standard InChI is InChI=1S/C14H11Cl2FN2S/c15-10-3-4-11(16)13(6-10)20-7-9-2-1-8(14(18)19)5-12(9)17/h1-6H,7H2,(H3,18,19). The van der Waals surface area contributed by atoms with Crippen LogP contribution in [0.25, 0.3) is 0 Å². The number of hydrogen-bond acceptors (Lipinski definition) is 2. The maximum absolute atomic E-state index is 13.9. The lowest BCUT2D eigenvalue weighted by Crippen LogP contribution is -2.11. The van der Waals surface area contributed by atoms with Crippen LogP contribution in [0.4, 0.5) is 4.39 Å². The fourth-order valence-electron chi connectivity index (χ4n) is 1.58. The average molecular weight is 329 g/mol. The van der Waals surface area contributed by atoms with Crippen molar-refractivity contribution in [2.45, 2.75) is 10.6 Å². The van der Waals surface area contributed by atoms with Crippen molar-refractivity contribution in [1.29, 1.82) is 5.41 Å². The molecule has 0 spiro atoms. The largest absolute Gasteiger partial charge is 0.384 e. The Morgan fingerprint density at radius 2 is 1.95 bits per heavy atom. The van der Waals surface area contributed by atoms with Crippen LogP contribution in [-0.2, 0) is 5.75 Å². The Balaban J connectivity index is 2.15. The molecule has 0 aliphatic rings. The number of thioether (sulfide) groups is 1. The van der Waals surface area contributed by atoms with Crippen LogP contribution in [0, 0.1) is 11.2 Å². The van der Waals surface area contributed by atoms with Crippen molar-refractivity contribution in [2.75, 3.05) is 0 Å². The zero-order valence-electron chi connectivity index (χ0n) is 10.3. The van der Waals surface area contributed by atoms with Gasteiger partial charge < -0.3 is 5.73 Å². The summed E-state index contributed by atoms with van der Waals surface area (Å²) in [6.07, 6.45) is 0. The van der Waals surface area contributed by atoms with E-state index in [1.807, 2.05) is 0 Å². The number of nitrogens with one attached hydrogen (secondary N) is 1. The third kappa shape index (κ3) is 3.66. The average Bonchev–Trinajstić information content (AvgIpc) is 2.40. The molecule has 6 heteroatoms. The first-order valence-corrected chi connectivity index (χ1v) is 7.42. The summed E-state index contributed by atoms with van der Waals surface area (Å²) in [6.45, 7) is 0. The maximum Gasteiger partial charge on any atom is 0.127 e. The number of amidine groups is 1. The van der Waals surface area contributed by atoms with Gasteiger partial charge in [0.05, 0.1) is 5.02 Å². The highest BCUT2D eigenvalue weighted by atomic mass is 35.5. The molecule has 2 aromatic carbocycles. The van der Waals surface area contributed by atoms with Crippen molar-refractivity contribution in [3.05, 3.63) is 63.4 Å². The molecule has 2 nitrogen and oxygen atoms in total. The van der Waals surface area contributed by atoms with Crippen LogP contribution in [-0.4, -0.2) is 5.84 Å². The van der Waals surface area contributed by atoms with Crippen LogP contribution in [0.2, 0.25) is 10.0 Å². The molecular formula is C14H11Cl2FN2S. The molecule has 20 heavy (non-hydrogen) atoms. The van der Waals surface area contributed by atoms with Gasteiger partial charge in [0.1, 0.15) is 11.7 Å². The second-order valence-corrected chi connectivity index (χ2v) is 5.94. The zero-order valence-corrected chi connectivity index (χ0v) is 12.6. The van der Waals surface area contributed by atoms with Crippen LogP contribution in [0.1, 0.15) is 11.1 Å². The number of hydrogen-bond donors (Lipinski definition) is 2. The van der Waals surface area contributed by atoms with E-state index in [9.17, 15) is 4.39 Å². The summed E-state index contributed by atoms with van der Waals surface area (Å²) in [4.78, 5) is 0.800. The van der Waals surface area contributed by atoms with E-state index >= 15 is 0 Å². The predicted octanol–water partition coefficient (Wildman–Crippen LogP) is 4.71. The van der Waals surface area contributed by atoms with Crippen molar-refractivity contribution in [2.24, 2.45) is 5.73 Å². The summed E-state index contributed by atoms with van der Waals surface area (Å²) >= 11 is 13.4. The molecule has 0 aromatic heterocycles. The molecular weight excluding hydrogens is 318 g/mol. The van der Waals surface area contributed by atoms with Gasteiger partial charge in [0.2, 0.25) is 0 Å². The van der Waals surface area contributed by atoms with E-state index in [1.165, 1.54) is 17.8 Å². The molecule has 0 amide bonds. The molecule has 3 N–H and O–H groups in total. The lowest BCUT2D eigenvalue weighted by Gasteiger charge is -2.07. The second kappa shape index (κ2) is 6.48. The molecule has 0 unspecified atom stereocenters. The molecule has 0 atom stereocenters. The van der Waals surface area contributed by atoms with Gasteiger partial charge in [0.15, 0.2) is 0 Å². The van der Waals surface area contributed by atoms with Gasteiger partial charge in [-0.1, -0.05) is 35.3 Å². The van der Waals surface area contributed by atoms with E-state index in [0.29, 0.717) is 26.9 Å². The maximum atomic E-state index is 13.9. The van der Waals surface area contributed by atoms with Gasteiger partial charge >= 0.3 is 0 Å². The smallest absolute Gasteiger partial charge is 0.127 e. The minimum Gasteiger partial charge on any atom is -0.384 e. The van der Waals surface area contributed by atoms with E-state index in [1.54, 1.807) is 30.3 Å². The van der Waals surface area contributed by atoms with Gasteiger partial charge in [-0.2, -0.15) is 0 Å². The summed E-state index contributed by atoms with van der Waals surface area (Å²) in [5, 5.41) is 8.44. The number of nitrogen functional groups attached to an aromatic ring is 1. The monoisotopic (exact) mass is 328 g/mol. The molecule has 0 aliphatic carbocycles. The molecule has 0 bridgehead atoms. The molecule has 0 fully saturated rings. The van der Waals surface area contributed by atoms with Gasteiger partial charge in [0, 0.05) is 21.2 Å². The highest BCUT2D eigenvalue weighted by Gasteiger charge is 2.08. The third-order valence-corrected chi connectivity index (χ3v) is 4.42. The Bertz CT molecular complexity index is 662. The second-order valence-electron chi connectivity index (χ2n) is 4.08. The topological polar surface area (TPSA) is 49.9 Å². The minimum absolute atomic E-state index is 0.152. The summed E-state index contributed by atoms with van der Waals surface area (Å²) < 4.78 is 13.9. The van der Waals surface area contributed by atoms with Crippen LogP contribution >= 0.6 is 35.0 Å². The van der Waals surface area contributed by atoms with Crippen molar-refractivity contribution < 1.29 is 4.39 Å². The number of nitrogens with two attached hydrogens (primary N) is 1. The lowest BCUT2D eigenvalue weighted by molar-refractivity contribution is 0.617. The van der Waals surface area contributed by atoms with Crippen molar-refractivity contribution in [3.63, 3.8) is 0 Å². The van der Waals surface area contributed by atoms with Crippen molar-refractivity contribution in [1.82, 2.24) is 0 Å². The predicted molar refractivity (Wildman–Crippen MR) is 83.4 cm³/mol. The highest BCUT2D eigenvalue weighted by molar-refractivity contribution is 7.98. The number of halogens is 3. The molecule has 0 radical (unpaired) electrons. The third-order valence-electron chi connectivity index (χ3n) is 2.64. The number of benzene rings is 2. The SMILES string of the molecule is N=C(N)c1ccc(CSc2cc(Cl)ccc2Cl)c(F)c1. The molecule has 0 saturated heterocycles. The van der Waals surface area contributed by atoms with Crippen LogP contribution in [0.5, 0.6) is 0 Å². The fraction of sp³-hybridized carbons (Fsp3) is 0.0714. The van der Waals surface area contributed by atoms with Gasteiger partial charge in [-0.25, -0.2) is 4.39 Å². The van der Waals surface area contributed by atoms with Gasteiger partial charge in [-0.3, -0.25) is 5.41 Å². The lowest BCUT2D eigenvalue weighted by atomic mass is 10.1. The Kier molecular flexibility index (Phi) is 4.91. The Labute approximate surface area is 130 Å². The first-order valence-electron chi connectivity index (χ1n) is 5.68.